The zero-order chi connectivity index (χ0) is 19.7. The van der Waals surface area contributed by atoms with Crippen LogP contribution in [-0.4, -0.2) is 16.7 Å². The van der Waals surface area contributed by atoms with Gasteiger partial charge in [-0.2, -0.15) is 4.99 Å². The molecule has 0 aliphatic heterocycles. The van der Waals surface area contributed by atoms with Crippen molar-refractivity contribution < 1.29 is 9.18 Å². The first kappa shape index (κ1) is 18.4. The first-order valence-corrected chi connectivity index (χ1v) is 8.47. The molecule has 1 aromatic heterocycles. The van der Waals surface area contributed by atoms with Gasteiger partial charge in [0.1, 0.15) is 17.3 Å². The predicted molar refractivity (Wildman–Crippen MR) is 107 cm³/mol. The van der Waals surface area contributed by atoms with Crippen LogP contribution >= 0.6 is 0 Å². The second-order valence-corrected chi connectivity index (χ2v) is 6.58. The van der Waals surface area contributed by atoms with Gasteiger partial charge in [-0.05, 0) is 56.2 Å². The lowest BCUT2D eigenvalue weighted by atomic mass is 10.1. The molecule has 0 saturated heterocycles. The highest BCUT2D eigenvalue weighted by molar-refractivity contribution is 6.09. The summed E-state index contributed by atoms with van der Waals surface area (Å²) in [6, 6.07) is 10.2. The predicted octanol–water partition coefficient (Wildman–Crippen LogP) is 3.73. The van der Waals surface area contributed by atoms with Gasteiger partial charge in [-0.1, -0.05) is 17.7 Å². The number of carbonyl (C=O) groups excluding carboxylic acids is 1. The van der Waals surface area contributed by atoms with E-state index in [4.69, 9.17) is 11.5 Å². The normalized spacial score (nSPS) is 12.6. The van der Waals surface area contributed by atoms with Crippen LogP contribution in [-0.2, 0) is 0 Å². The highest BCUT2D eigenvalue weighted by Crippen LogP contribution is 2.22. The van der Waals surface area contributed by atoms with Gasteiger partial charge in [0.25, 0.3) is 5.91 Å². The van der Waals surface area contributed by atoms with Crippen LogP contribution in [0.2, 0.25) is 0 Å². The van der Waals surface area contributed by atoms with E-state index in [9.17, 15) is 9.18 Å². The monoisotopic (exact) mass is 364 g/mol. The quantitative estimate of drug-likeness (QED) is 0.488. The van der Waals surface area contributed by atoms with Crippen molar-refractivity contribution in [1.82, 2.24) is 4.98 Å². The molecule has 6 heteroatoms. The Morgan fingerprint density at radius 2 is 1.85 bits per heavy atom. The standard InChI is InChI=1S/C21H21FN4O/c1-11-4-6-16(22)15(8-11)17(23)10-20(24)26-21(27)19-9-14-13(3)12(2)5-7-18(14)25-19/h4-10,25H,23H2,1-3H3,(H2,24,26,27)/b17-10-. The summed E-state index contributed by atoms with van der Waals surface area (Å²) in [5.41, 5.74) is 16.3. The summed E-state index contributed by atoms with van der Waals surface area (Å²) in [5.74, 6) is -1.07. The minimum atomic E-state index is -0.519. The van der Waals surface area contributed by atoms with Crippen molar-refractivity contribution in [3.05, 3.63) is 76.2 Å². The number of nitrogens with one attached hydrogen (secondary N) is 1. The molecule has 27 heavy (non-hydrogen) atoms. The van der Waals surface area contributed by atoms with Crippen LogP contribution in [0.1, 0.15) is 32.7 Å². The van der Waals surface area contributed by atoms with Gasteiger partial charge in [-0.15, -0.1) is 0 Å². The summed E-state index contributed by atoms with van der Waals surface area (Å²) in [5, 5.41) is 0.962. The van der Waals surface area contributed by atoms with Crippen LogP contribution in [0.25, 0.3) is 16.6 Å². The van der Waals surface area contributed by atoms with E-state index < -0.39 is 11.7 Å². The number of nitrogens with zero attached hydrogens (tertiary/aromatic N) is 1. The van der Waals surface area contributed by atoms with E-state index in [0.29, 0.717) is 5.69 Å². The van der Waals surface area contributed by atoms with Crippen LogP contribution in [0.15, 0.2) is 47.5 Å². The molecule has 0 aliphatic rings. The molecule has 5 nitrogen and oxygen atoms in total. The van der Waals surface area contributed by atoms with Crippen molar-refractivity contribution in [2.24, 2.45) is 16.5 Å². The summed E-state index contributed by atoms with van der Waals surface area (Å²) in [4.78, 5) is 19.3. The number of benzene rings is 2. The Kier molecular flexibility index (Phi) is 4.81. The number of nitrogens with two attached hydrogens (primary N) is 2. The fraction of sp³-hybridized carbons (Fsp3) is 0.143. The van der Waals surface area contributed by atoms with Gasteiger partial charge in [0, 0.05) is 28.2 Å². The lowest BCUT2D eigenvalue weighted by Crippen LogP contribution is -2.14. The number of aryl methyl sites for hydroxylation is 3. The Bertz CT molecular complexity index is 1110. The van der Waals surface area contributed by atoms with Crippen molar-refractivity contribution in [3.8, 4) is 0 Å². The van der Waals surface area contributed by atoms with E-state index in [1.165, 1.54) is 12.1 Å². The van der Waals surface area contributed by atoms with Crippen molar-refractivity contribution >= 4 is 28.3 Å². The number of rotatable bonds is 3. The molecule has 1 heterocycles. The summed E-state index contributed by atoms with van der Waals surface area (Å²) in [6.07, 6.45) is 1.29. The van der Waals surface area contributed by atoms with E-state index >= 15 is 0 Å². The third-order valence-electron chi connectivity index (χ3n) is 4.54. The summed E-state index contributed by atoms with van der Waals surface area (Å²) < 4.78 is 13.9. The minimum Gasteiger partial charge on any atom is -0.398 e. The van der Waals surface area contributed by atoms with Gasteiger partial charge in [0.2, 0.25) is 0 Å². The molecule has 5 N–H and O–H groups in total. The number of aromatic amines is 1. The van der Waals surface area contributed by atoms with Gasteiger partial charge in [-0.25, -0.2) is 4.39 Å². The molecule has 0 bridgehead atoms. The third kappa shape index (κ3) is 3.74. The fourth-order valence-corrected chi connectivity index (χ4v) is 2.88. The number of halogens is 1. The van der Waals surface area contributed by atoms with Gasteiger partial charge >= 0.3 is 0 Å². The molecule has 2 aromatic carbocycles. The highest BCUT2D eigenvalue weighted by atomic mass is 19.1. The van der Waals surface area contributed by atoms with E-state index in [1.54, 1.807) is 18.2 Å². The third-order valence-corrected chi connectivity index (χ3v) is 4.54. The molecule has 0 fully saturated rings. The number of aliphatic imine (C=N–C) groups is 1. The van der Waals surface area contributed by atoms with E-state index in [2.05, 4.69) is 9.98 Å². The van der Waals surface area contributed by atoms with Crippen molar-refractivity contribution in [3.63, 3.8) is 0 Å². The molecule has 1 amide bonds. The molecule has 138 valence electrons. The number of amidine groups is 1. The number of amides is 1. The minimum absolute atomic E-state index is 0.0926. The SMILES string of the molecule is Cc1ccc(F)c(/C(N)=C/C(N)=NC(=O)c2cc3c(C)c(C)ccc3[nH]2)c1. The van der Waals surface area contributed by atoms with Crippen LogP contribution in [0.4, 0.5) is 4.39 Å². The molecule has 0 aliphatic carbocycles. The zero-order valence-electron chi connectivity index (χ0n) is 15.4. The van der Waals surface area contributed by atoms with E-state index in [-0.39, 0.29) is 17.1 Å². The topological polar surface area (TPSA) is 97.3 Å². The summed E-state index contributed by atoms with van der Waals surface area (Å²) in [7, 11) is 0. The van der Waals surface area contributed by atoms with Crippen LogP contribution < -0.4 is 11.5 Å². The van der Waals surface area contributed by atoms with Gasteiger partial charge in [-0.3, -0.25) is 4.79 Å². The van der Waals surface area contributed by atoms with Crippen LogP contribution in [0.3, 0.4) is 0 Å². The number of hydrogen-bond donors (Lipinski definition) is 3. The van der Waals surface area contributed by atoms with Gasteiger partial charge < -0.3 is 16.5 Å². The van der Waals surface area contributed by atoms with E-state index in [0.717, 1.165) is 27.6 Å². The lowest BCUT2D eigenvalue weighted by Gasteiger charge is -2.05. The zero-order valence-corrected chi connectivity index (χ0v) is 15.4. The van der Waals surface area contributed by atoms with Crippen LogP contribution in [0, 0.1) is 26.6 Å². The van der Waals surface area contributed by atoms with Crippen molar-refractivity contribution in [2.75, 3.05) is 0 Å². The largest absolute Gasteiger partial charge is 0.398 e. The maximum Gasteiger partial charge on any atom is 0.295 e. The second kappa shape index (κ2) is 7.07. The average Bonchev–Trinajstić information content (AvgIpc) is 3.05. The van der Waals surface area contributed by atoms with Crippen LogP contribution in [0.5, 0.6) is 0 Å². The van der Waals surface area contributed by atoms with E-state index in [1.807, 2.05) is 32.9 Å². The number of fused-ring (bicyclic) bond motifs is 1. The second-order valence-electron chi connectivity index (χ2n) is 6.58. The molecule has 0 unspecified atom stereocenters. The average molecular weight is 364 g/mol. The fourth-order valence-electron chi connectivity index (χ4n) is 2.88. The number of aromatic nitrogens is 1. The molecule has 3 rings (SSSR count). The van der Waals surface area contributed by atoms with Gasteiger partial charge in [0.05, 0.1) is 0 Å². The summed E-state index contributed by atoms with van der Waals surface area (Å²) in [6.45, 7) is 5.84. The summed E-state index contributed by atoms with van der Waals surface area (Å²) >= 11 is 0. The molecular formula is C21H21FN4O. The molecule has 0 atom stereocenters. The Morgan fingerprint density at radius 3 is 2.59 bits per heavy atom. The highest BCUT2D eigenvalue weighted by Gasteiger charge is 2.12. The Labute approximate surface area is 156 Å². The molecule has 3 aromatic rings. The number of hydrogen-bond acceptors (Lipinski definition) is 2. The molecule has 0 saturated carbocycles. The number of carbonyl (C=O) groups is 1. The number of H-pyrrole nitrogens is 1. The molecule has 0 spiro atoms. The van der Waals surface area contributed by atoms with Crippen molar-refractivity contribution in [1.29, 1.82) is 0 Å². The first-order chi connectivity index (χ1) is 12.8. The smallest absolute Gasteiger partial charge is 0.295 e. The lowest BCUT2D eigenvalue weighted by molar-refractivity contribution is 0.0999. The molecular weight excluding hydrogens is 343 g/mol. The Morgan fingerprint density at radius 1 is 1.11 bits per heavy atom. The first-order valence-electron chi connectivity index (χ1n) is 8.47. The Hall–Kier alpha value is -3.41. The van der Waals surface area contributed by atoms with Crippen molar-refractivity contribution in [2.45, 2.75) is 20.8 Å². The Balaban J connectivity index is 1.90. The molecule has 0 radical (unpaired) electrons. The maximum atomic E-state index is 13.9. The van der Waals surface area contributed by atoms with Gasteiger partial charge in [0.15, 0.2) is 0 Å². The maximum absolute atomic E-state index is 13.9.